The standard InChI is InChI=1S/C14H17NO3/c1-18-13(17)6-3-8-15-9-7-11-4-2-5-12(10-16)14(11)15/h2,4-5,7,9,16H,3,6,8,10H2,1H3. The Kier molecular flexibility index (Phi) is 3.99. The van der Waals surface area contributed by atoms with Gasteiger partial charge < -0.3 is 14.4 Å². The Morgan fingerprint density at radius 1 is 1.39 bits per heavy atom. The number of aliphatic hydroxyl groups is 1. The van der Waals surface area contributed by atoms with E-state index in [1.807, 2.05) is 30.5 Å². The molecule has 0 saturated carbocycles. The smallest absolute Gasteiger partial charge is 0.305 e. The third-order valence-electron chi connectivity index (χ3n) is 3.05. The molecule has 0 amide bonds. The van der Waals surface area contributed by atoms with Crippen molar-refractivity contribution in [3.05, 3.63) is 36.0 Å². The maximum atomic E-state index is 11.1. The molecule has 1 heterocycles. The molecule has 2 rings (SSSR count). The summed E-state index contributed by atoms with van der Waals surface area (Å²) in [5, 5.41) is 10.5. The van der Waals surface area contributed by atoms with E-state index in [0.717, 1.165) is 29.4 Å². The van der Waals surface area contributed by atoms with Crippen LogP contribution in [-0.2, 0) is 22.7 Å². The number of carbonyl (C=O) groups is 1. The van der Waals surface area contributed by atoms with Gasteiger partial charge in [-0.05, 0) is 17.9 Å². The van der Waals surface area contributed by atoms with E-state index in [9.17, 15) is 9.90 Å². The van der Waals surface area contributed by atoms with Gasteiger partial charge in [0, 0.05) is 24.7 Å². The van der Waals surface area contributed by atoms with Gasteiger partial charge in [-0.25, -0.2) is 0 Å². The van der Waals surface area contributed by atoms with Crippen LogP contribution in [0.5, 0.6) is 0 Å². The van der Waals surface area contributed by atoms with Crippen LogP contribution in [0.1, 0.15) is 18.4 Å². The van der Waals surface area contributed by atoms with Crippen molar-refractivity contribution in [3.63, 3.8) is 0 Å². The first kappa shape index (κ1) is 12.6. The molecule has 0 aliphatic heterocycles. The second-order valence-electron chi connectivity index (χ2n) is 4.20. The second kappa shape index (κ2) is 5.69. The zero-order valence-corrected chi connectivity index (χ0v) is 10.4. The van der Waals surface area contributed by atoms with Crippen LogP contribution in [0, 0.1) is 0 Å². The van der Waals surface area contributed by atoms with Crippen LogP contribution in [0.3, 0.4) is 0 Å². The Balaban J connectivity index is 2.16. The average Bonchev–Trinajstić information content (AvgIpc) is 2.82. The van der Waals surface area contributed by atoms with Crippen LogP contribution in [0.4, 0.5) is 0 Å². The summed E-state index contributed by atoms with van der Waals surface area (Å²) in [7, 11) is 1.40. The van der Waals surface area contributed by atoms with Gasteiger partial charge in [0.15, 0.2) is 0 Å². The van der Waals surface area contributed by atoms with Crippen LogP contribution in [0.15, 0.2) is 30.5 Å². The largest absolute Gasteiger partial charge is 0.469 e. The maximum Gasteiger partial charge on any atom is 0.305 e. The number of para-hydroxylation sites is 1. The molecule has 0 spiro atoms. The van der Waals surface area contributed by atoms with Crippen LogP contribution in [0.2, 0.25) is 0 Å². The molecule has 0 fully saturated rings. The van der Waals surface area contributed by atoms with E-state index in [1.54, 1.807) is 0 Å². The number of aryl methyl sites for hydroxylation is 1. The second-order valence-corrected chi connectivity index (χ2v) is 4.20. The highest BCUT2D eigenvalue weighted by atomic mass is 16.5. The molecule has 0 aliphatic carbocycles. The molecule has 0 aliphatic rings. The predicted molar refractivity (Wildman–Crippen MR) is 69.1 cm³/mol. The molecule has 1 aromatic heterocycles. The summed E-state index contributed by atoms with van der Waals surface area (Å²) in [6, 6.07) is 7.89. The molecule has 1 aromatic carbocycles. The molecule has 18 heavy (non-hydrogen) atoms. The zero-order chi connectivity index (χ0) is 13.0. The van der Waals surface area contributed by atoms with E-state index in [1.165, 1.54) is 7.11 Å². The molecule has 0 saturated heterocycles. The van der Waals surface area contributed by atoms with Crippen molar-refractivity contribution in [1.82, 2.24) is 4.57 Å². The van der Waals surface area contributed by atoms with Gasteiger partial charge in [-0.1, -0.05) is 18.2 Å². The molecule has 96 valence electrons. The monoisotopic (exact) mass is 247 g/mol. The number of methoxy groups -OCH3 is 1. The molecule has 4 heteroatoms. The zero-order valence-electron chi connectivity index (χ0n) is 10.4. The fourth-order valence-corrected chi connectivity index (χ4v) is 2.15. The number of nitrogens with zero attached hydrogens (tertiary/aromatic N) is 1. The van der Waals surface area contributed by atoms with Gasteiger partial charge in [0.2, 0.25) is 0 Å². The summed E-state index contributed by atoms with van der Waals surface area (Å²) in [5.74, 6) is -0.186. The summed E-state index contributed by atoms with van der Waals surface area (Å²) in [6.07, 6.45) is 3.13. The molecule has 0 unspecified atom stereocenters. The first-order valence-corrected chi connectivity index (χ1v) is 6.00. The number of hydrogen-bond acceptors (Lipinski definition) is 3. The summed E-state index contributed by atoms with van der Waals surface area (Å²) in [6.45, 7) is 0.772. The lowest BCUT2D eigenvalue weighted by atomic mass is 10.1. The fraction of sp³-hybridized carbons (Fsp3) is 0.357. The summed E-state index contributed by atoms with van der Waals surface area (Å²) < 4.78 is 6.69. The third kappa shape index (κ3) is 2.54. The van der Waals surface area contributed by atoms with Crippen molar-refractivity contribution in [1.29, 1.82) is 0 Å². The summed E-state index contributed by atoms with van der Waals surface area (Å²) in [5.41, 5.74) is 1.96. The van der Waals surface area contributed by atoms with Gasteiger partial charge >= 0.3 is 5.97 Å². The van der Waals surface area contributed by atoms with E-state index >= 15 is 0 Å². The van der Waals surface area contributed by atoms with Crippen LogP contribution < -0.4 is 0 Å². The first-order chi connectivity index (χ1) is 8.76. The van der Waals surface area contributed by atoms with E-state index in [4.69, 9.17) is 0 Å². The molecule has 1 N–H and O–H groups in total. The summed E-state index contributed by atoms with van der Waals surface area (Å²) in [4.78, 5) is 11.1. The third-order valence-corrected chi connectivity index (χ3v) is 3.05. The van der Waals surface area contributed by atoms with Gasteiger partial charge in [-0.2, -0.15) is 0 Å². The number of fused-ring (bicyclic) bond motifs is 1. The van der Waals surface area contributed by atoms with Crippen LogP contribution >= 0.6 is 0 Å². The number of carbonyl (C=O) groups excluding carboxylic acids is 1. The molecular formula is C14H17NO3. The van der Waals surface area contributed by atoms with Crippen molar-refractivity contribution in [2.24, 2.45) is 0 Å². The lowest BCUT2D eigenvalue weighted by Crippen LogP contribution is -2.04. The molecule has 0 bridgehead atoms. The van der Waals surface area contributed by atoms with Crippen molar-refractivity contribution >= 4 is 16.9 Å². The van der Waals surface area contributed by atoms with E-state index in [0.29, 0.717) is 6.42 Å². The van der Waals surface area contributed by atoms with E-state index in [-0.39, 0.29) is 12.6 Å². The van der Waals surface area contributed by atoms with Crippen molar-refractivity contribution in [2.75, 3.05) is 7.11 Å². The molecule has 2 aromatic rings. The first-order valence-electron chi connectivity index (χ1n) is 6.00. The number of benzene rings is 1. The minimum absolute atomic E-state index is 0.0261. The normalized spacial score (nSPS) is 10.8. The highest BCUT2D eigenvalue weighted by Crippen LogP contribution is 2.21. The number of esters is 1. The Labute approximate surface area is 106 Å². The quantitative estimate of drug-likeness (QED) is 0.823. The minimum atomic E-state index is -0.186. The molecule has 0 radical (unpaired) electrons. The van der Waals surface area contributed by atoms with E-state index in [2.05, 4.69) is 9.30 Å². The Morgan fingerprint density at radius 2 is 2.22 bits per heavy atom. The van der Waals surface area contributed by atoms with Gasteiger partial charge in [-0.3, -0.25) is 4.79 Å². The van der Waals surface area contributed by atoms with E-state index < -0.39 is 0 Å². The maximum absolute atomic E-state index is 11.1. The van der Waals surface area contributed by atoms with Crippen molar-refractivity contribution in [2.45, 2.75) is 26.0 Å². The molecular weight excluding hydrogens is 230 g/mol. The number of hydrogen-bond donors (Lipinski definition) is 1. The highest BCUT2D eigenvalue weighted by molar-refractivity contribution is 5.83. The average molecular weight is 247 g/mol. The van der Waals surface area contributed by atoms with Gasteiger partial charge in [0.25, 0.3) is 0 Å². The Bertz CT molecular complexity index is 545. The van der Waals surface area contributed by atoms with Crippen molar-refractivity contribution in [3.8, 4) is 0 Å². The highest BCUT2D eigenvalue weighted by Gasteiger charge is 2.06. The predicted octanol–water partition coefficient (Wildman–Crippen LogP) is 2.09. The molecule has 0 atom stereocenters. The van der Waals surface area contributed by atoms with Crippen molar-refractivity contribution < 1.29 is 14.6 Å². The van der Waals surface area contributed by atoms with Crippen LogP contribution in [0.25, 0.3) is 10.9 Å². The number of aliphatic hydroxyl groups excluding tert-OH is 1. The Morgan fingerprint density at radius 3 is 2.94 bits per heavy atom. The lowest BCUT2D eigenvalue weighted by molar-refractivity contribution is -0.140. The van der Waals surface area contributed by atoms with Crippen LogP contribution in [-0.4, -0.2) is 22.8 Å². The fourth-order valence-electron chi connectivity index (χ4n) is 2.15. The number of rotatable bonds is 5. The Hall–Kier alpha value is -1.81. The number of ether oxygens (including phenoxy) is 1. The minimum Gasteiger partial charge on any atom is -0.469 e. The lowest BCUT2D eigenvalue weighted by Gasteiger charge is -2.08. The SMILES string of the molecule is COC(=O)CCCn1ccc2cccc(CO)c21. The van der Waals surface area contributed by atoms with Gasteiger partial charge in [-0.15, -0.1) is 0 Å². The number of aromatic nitrogens is 1. The molecule has 4 nitrogen and oxygen atoms in total. The van der Waals surface area contributed by atoms with Gasteiger partial charge in [0.1, 0.15) is 0 Å². The topological polar surface area (TPSA) is 51.5 Å². The van der Waals surface area contributed by atoms with Gasteiger partial charge in [0.05, 0.1) is 19.2 Å². The summed E-state index contributed by atoms with van der Waals surface area (Å²) >= 11 is 0.